The van der Waals surface area contributed by atoms with E-state index in [0.29, 0.717) is 23.4 Å². The number of nitrogens with two attached hydrogens (primary N) is 1. The molecule has 2 amide bonds. The number of hydrogen-bond acceptors (Lipinski definition) is 4. The first-order chi connectivity index (χ1) is 13.8. The summed E-state index contributed by atoms with van der Waals surface area (Å²) < 4.78 is 0. The summed E-state index contributed by atoms with van der Waals surface area (Å²) in [6.45, 7) is 3.81. The Kier molecular flexibility index (Phi) is 3.99. The number of hydrogen-bond donors (Lipinski definition) is 2. The van der Waals surface area contributed by atoms with Gasteiger partial charge in [-0.05, 0) is 75.8 Å². The minimum atomic E-state index is -0.785. The lowest BCUT2D eigenvalue weighted by Gasteiger charge is -2.59. The zero-order valence-electron chi connectivity index (χ0n) is 17.0. The Morgan fingerprint density at radius 1 is 1.10 bits per heavy atom. The van der Waals surface area contributed by atoms with Crippen LogP contribution in [0.25, 0.3) is 11.0 Å². The molecule has 0 radical (unpaired) electrons. The van der Waals surface area contributed by atoms with Gasteiger partial charge in [0, 0.05) is 11.5 Å². The molecule has 4 aliphatic rings. The number of aromatic nitrogens is 2. The molecular weight excluding hydrogens is 364 g/mol. The van der Waals surface area contributed by atoms with Gasteiger partial charge < -0.3 is 11.1 Å². The first kappa shape index (κ1) is 18.5. The van der Waals surface area contributed by atoms with Crippen LogP contribution in [0.3, 0.4) is 0 Å². The summed E-state index contributed by atoms with van der Waals surface area (Å²) in [6, 6.07) is 7.82. The van der Waals surface area contributed by atoms with Crippen molar-refractivity contribution in [3.63, 3.8) is 0 Å². The molecule has 0 spiro atoms. The third kappa shape index (κ3) is 2.83. The van der Waals surface area contributed by atoms with E-state index >= 15 is 0 Å². The number of rotatable bonds is 4. The first-order valence-corrected chi connectivity index (χ1v) is 10.6. The molecule has 6 heteroatoms. The quantitative estimate of drug-likeness (QED) is 0.836. The molecule has 4 bridgehead atoms. The third-order valence-electron chi connectivity index (χ3n) is 7.75. The van der Waals surface area contributed by atoms with Crippen molar-refractivity contribution < 1.29 is 9.59 Å². The highest BCUT2D eigenvalue weighted by Crippen LogP contribution is 2.60. The number of fused-ring (bicyclic) bond motifs is 1. The summed E-state index contributed by atoms with van der Waals surface area (Å²) in [5.41, 5.74) is 6.96. The maximum atomic E-state index is 13.3. The second kappa shape index (κ2) is 6.25. The number of para-hydroxylation sites is 2. The standard InChI is InChI=1S/C23H28N4O2/c1-22(2,18-12-25-16-5-3-4-6-17(16)26-18)21(29)27-19-14-7-13-8-15(19)11-23(9-13,10-14)20(24)28/h3-6,12-15,19H,7-11H2,1-2H3,(H2,24,28)(H,27,29). The van der Waals surface area contributed by atoms with Gasteiger partial charge in [0.05, 0.1) is 28.3 Å². The maximum absolute atomic E-state index is 13.3. The molecule has 1 aromatic heterocycles. The lowest BCUT2D eigenvalue weighted by molar-refractivity contribution is -0.148. The van der Waals surface area contributed by atoms with Crippen molar-refractivity contribution in [3.8, 4) is 0 Å². The van der Waals surface area contributed by atoms with Crippen molar-refractivity contribution in [1.82, 2.24) is 15.3 Å². The molecule has 4 fully saturated rings. The predicted octanol–water partition coefficient (Wildman–Crippen LogP) is 2.70. The summed E-state index contributed by atoms with van der Waals surface area (Å²) in [5, 5.41) is 3.35. The molecule has 6 rings (SSSR count). The predicted molar refractivity (Wildman–Crippen MR) is 110 cm³/mol. The van der Waals surface area contributed by atoms with Crippen molar-refractivity contribution in [3.05, 3.63) is 36.2 Å². The molecular formula is C23H28N4O2. The van der Waals surface area contributed by atoms with Gasteiger partial charge in [-0.25, -0.2) is 4.98 Å². The second-order valence-electron chi connectivity index (χ2n) is 9.98. The van der Waals surface area contributed by atoms with Crippen LogP contribution in [0.4, 0.5) is 0 Å². The Labute approximate surface area is 170 Å². The van der Waals surface area contributed by atoms with Gasteiger partial charge in [0.1, 0.15) is 0 Å². The Morgan fingerprint density at radius 2 is 1.76 bits per heavy atom. The number of carbonyl (C=O) groups is 2. The maximum Gasteiger partial charge on any atom is 0.231 e. The minimum absolute atomic E-state index is 0.0207. The second-order valence-corrected chi connectivity index (χ2v) is 9.98. The zero-order chi connectivity index (χ0) is 20.4. The zero-order valence-corrected chi connectivity index (χ0v) is 17.0. The molecule has 4 saturated carbocycles. The highest BCUT2D eigenvalue weighted by Gasteiger charge is 2.58. The molecule has 0 saturated heterocycles. The van der Waals surface area contributed by atoms with Gasteiger partial charge in [0.2, 0.25) is 11.8 Å². The average molecular weight is 393 g/mol. The molecule has 0 aliphatic heterocycles. The van der Waals surface area contributed by atoms with Gasteiger partial charge in [0.15, 0.2) is 0 Å². The Morgan fingerprint density at radius 3 is 2.41 bits per heavy atom. The summed E-state index contributed by atoms with van der Waals surface area (Å²) in [6.07, 6.45) is 6.46. The van der Waals surface area contributed by atoms with Gasteiger partial charge in [-0.15, -0.1) is 0 Å². The lowest BCUT2D eigenvalue weighted by Crippen LogP contribution is -2.63. The Balaban J connectivity index is 1.38. The number of nitrogens with zero attached hydrogens (tertiary/aromatic N) is 2. The van der Waals surface area contributed by atoms with Crippen LogP contribution in [0.2, 0.25) is 0 Å². The monoisotopic (exact) mass is 392 g/mol. The van der Waals surface area contributed by atoms with E-state index in [9.17, 15) is 9.59 Å². The fraction of sp³-hybridized carbons (Fsp3) is 0.565. The molecule has 2 atom stereocenters. The van der Waals surface area contributed by atoms with Crippen LogP contribution in [-0.4, -0.2) is 27.8 Å². The molecule has 1 aromatic carbocycles. The van der Waals surface area contributed by atoms with Gasteiger partial charge in [-0.3, -0.25) is 14.6 Å². The molecule has 4 aliphatic carbocycles. The average Bonchev–Trinajstić information content (AvgIpc) is 2.69. The molecule has 3 N–H and O–H groups in total. The fourth-order valence-electron chi connectivity index (χ4n) is 6.27. The number of carbonyl (C=O) groups excluding carboxylic acids is 2. The van der Waals surface area contributed by atoms with Crippen molar-refractivity contribution in [2.75, 3.05) is 0 Å². The van der Waals surface area contributed by atoms with E-state index in [0.717, 1.165) is 43.1 Å². The van der Waals surface area contributed by atoms with Crippen LogP contribution in [0.1, 0.15) is 51.6 Å². The number of benzene rings is 1. The minimum Gasteiger partial charge on any atom is -0.369 e. The van der Waals surface area contributed by atoms with Gasteiger partial charge >= 0.3 is 0 Å². The highest BCUT2D eigenvalue weighted by molar-refractivity contribution is 5.88. The SMILES string of the molecule is CC(C)(C(=O)NC1C2CC3CC1CC(C(N)=O)(C3)C2)c1cnc2ccccc2n1. The van der Waals surface area contributed by atoms with Crippen molar-refractivity contribution in [2.45, 2.75) is 57.4 Å². The highest BCUT2D eigenvalue weighted by atomic mass is 16.2. The number of nitrogens with one attached hydrogen (secondary N) is 1. The van der Waals surface area contributed by atoms with E-state index in [4.69, 9.17) is 10.7 Å². The number of amides is 2. The van der Waals surface area contributed by atoms with Gasteiger partial charge in [-0.2, -0.15) is 0 Å². The van der Waals surface area contributed by atoms with Crippen molar-refractivity contribution in [1.29, 1.82) is 0 Å². The number of primary amides is 1. The van der Waals surface area contributed by atoms with E-state index in [2.05, 4.69) is 10.3 Å². The largest absolute Gasteiger partial charge is 0.369 e. The summed E-state index contributed by atoms with van der Waals surface area (Å²) >= 11 is 0. The Hall–Kier alpha value is -2.50. The van der Waals surface area contributed by atoms with Crippen LogP contribution >= 0.6 is 0 Å². The molecule has 2 aromatic rings. The van der Waals surface area contributed by atoms with Crippen LogP contribution in [-0.2, 0) is 15.0 Å². The Bertz CT molecular complexity index is 985. The summed E-state index contributed by atoms with van der Waals surface area (Å²) in [4.78, 5) is 34.7. The molecule has 29 heavy (non-hydrogen) atoms. The molecule has 2 unspecified atom stereocenters. The summed E-state index contributed by atoms with van der Waals surface area (Å²) in [7, 11) is 0. The van der Waals surface area contributed by atoms with Crippen LogP contribution in [0, 0.1) is 23.2 Å². The van der Waals surface area contributed by atoms with Gasteiger partial charge in [0.25, 0.3) is 0 Å². The van der Waals surface area contributed by atoms with Crippen molar-refractivity contribution >= 4 is 22.8 Å². The molecule has 1 heterocycles. The normalized spacial score (nSPS) is 33.0. The van der Waals surface area contributed by atoms with E-state index < -0.39 is 5.41 Å². The van der Waals surface area contributed by atoms with Gasteiger partial charge in [-0.1, -0.05) is 12.1 Å². The van der Waals surface area contributed by atoms with E-state index in [1.165, 1.54) is 0 Å². The van der Waals surface area contributed by atoms with Crippen LogP contribution < -0.4 is 11.1 Å². The molecule has 6 nitrogen and oxygen atoms in total. The lowest BCUT2D eigenvalue weighted by atomic mass is 9.47. The smallest absolute Gasteiger partial charge is 0.231 e. The summed E-state index contributed by atoms with van der Waals surface area (Å²) in [5.74, 6) is 1.10. The van der Waals surface area contributed by atoms with E-state index in [1.54, 1.807) is 6.20 Å². The third-order valence-corrected chi connectivity index (χ3v) is 7.75. The van der Waals surface area contributed by atoms with E-state index in [1.807, 2.05) is 38.1 Å². The van der Waals surface area contributed by atoms with Crippen LogP contribution in [0.5, 0.6) is 0 Å². The van der Waals surface area contributed by atoms with Crippen molar-refractivity contribution in [2.24, 2.45) is 28.9 Å². The molecule has 152 valence electrons. The fourth-order valence-corrected chi connectivity index (χ4v) is 6.27. The first-order valence-electron chi connectivity index (χ1n) is 10.6. The van der Waals surface area contributed by atoms with E-state index in [-0.39, 0.29) is 23.3 Å². The topological polar surface area (TPSA) is 98.0 Å². The van der Waals surface area contributed by atoms with Crippen LogP contribution in [0.15, 0.2) is 30.5 Å².